The highest BCUT2D eigenvalue weighted by molar-refractivity contribution is 6.40. The molecule has 0 heterocycles. The molecule has 3 unspecified atom stereocenters. The van der Waals surface area contributed by atoms with Crippen molar-refractivity contribution in [2.45, 2.75) is 96.4 Å². The van der Waals surface area contributed by atoms with Gasteiger partial charge in [-0.25, -0.2) is 4.79 Å². The monoisotopic (exact) mass is 560 g/mol. The van der Waals surface area contributed by atoms with Crippen LogP contribution in [-0.4, -0.2) is 79.5 Å². The molecule has 3 fully saturated rings. The van der Waals surface area contributed by atoms with Crippen molar-refractivity contribution in [1.29, 1.82) is 0 Å². The fourth-order valence-corrected chi connectivity index (χ4v) is 7.94. The summed E-state index contributed by atoms with van der Waals surface area (Å²) in [7, 11) is 0. The topological polar surface area (TPSA) is 168 Å². The molecule has 0 spiro atoms. The molecule has 0 saturated heterocycles. The van der Waals surface area contributed by atoms with Crippen LogP contribution < -0.4 is 0 Å². The van der Waals surface area contributed by atoms with Gasteiger partial charge in [0.1, 0.15) is 17.3 Å². The third kappa shape index (κ3) is 4.06. The van der Waals surface area contributed by atoms with Crippen molar-refractivity contribution >= 4 is 23.5 Å². The van der Waals surface area contributed by atoms with Crippen molar-refractivity contribution in [3.63, 3.8) is 0 Å². The van der Waals surface area contributed by atoms with Gasteiger partial charge in [-0.2, -0.15) is 0 Å². The van der Waals surface area contributed by atoms with Crippen LogP contribution in [0.4, 0.5) is 0 Å². The predicted octanol–water partition coefficient (Wildman–Crippen LogP) is 1.60. The Labute approximate surface area is 233 Å². The third-order valence-corrected chi connectivity index (χ3v) is 10.3. The molecule has 3 saturated carbocycles. The van der Waals surface area contributed by atoms with Gasteiger partial charge >= 0.3 is 11.9 Å². The highest BCUT2D eigenvalue weighted by Gasteiger charge is 2.76. The number of aliphatic hydroxyl groups is 4. The second kappa shape index (κ2) is 10.0. The average molecular weight is 561 g/mol. The first-order chi connectivity index (χ1) is 18.5. The quantitative estimate of drug-likeness (QED) is 0.314. The van der Waals surface area contributed by atoms with Gasteiger partial charge in [-0.1, -0.05) is 45.9 Å². The summed E-state index contributed by atoms with van der Waals surface area (Å²) in [5, 5.41) is 46.6. The van der Waals surface area contributed by atoms with Crippen LogP contribution in [0.2, 0.25) is 0 Å². The summed E-state index contributed by atoms with van der Waals surface area (Å²) < 4.78 is 11.9. The largest absolute Gasteiger partial charge is 0.456 e. The van der Waals surface area contributed by atoms with Crippen LogP contribution in [-0.2, 0) is 23.9 Å². The molecule has 4 rings (SSSR count). The van der Waals surface area contributed by atoms with E-state index < -0.39 is 94.1 Å². The maximum atomic E-state index is 14.3. The first kappa shape index (κ1) is 30.3. The van der Waals surface area contributed by atoms with Crippen molar-refractivity contribution in [3.8, 4) is 0 Å². The first-order valence-electron chi connectivity index (χ1n) is 13.8. The van der Waals surface area contributed by atoms with Crippen LogP contribution in [0.5, 0.6) is 0 Å². The molecule has 0 amide bonds. The molecule has 4 N–H and O–H groups in total. The van der Waals surface area contributed by atoms with Gasteiger partial charge < -0.3 is 29.9 Å². The molecule has 10 nitrogen and oxygen atoms in total. The molecule has 10 atom stereocenters. The molecule has 10 heteroatoms. The van der Waals surface area contributed by atoms with Gasteiger partial charge in [0.2, 0.25) is 11.6 Å². The molecule has 3 aliphatic carbocycles. The SMILES string of the molecule is CC[C@@]1(OC(C)=O)C2[C@H](OC(=O)c3ccccc3)[C@]3(O)C[C@H](O)C(C)C(C(=O)C(=O)[C@]2(C)[C@@H](O)C[C@H]1O)C3(C)C. The Balaban J connectivity index is 2.09. The van der Waals surface area contributed by atoms with Crippen LogP contribution in [0.1, 0.15) is 71.2 Å². The summed E-state index contributed by atoms with van der Waals surface area (Å²) >= 11 is 0. The van der Waals surface area contributed by atoms with Gasteiger partial charge in [0, 0.05) is 31.1 Å². The van der Waals surface area contributed by atoms with Crippen LogP contribution in [0, 0.1) is 28.6 Å². The number of ketones is 2. The van der Waals surface area contributed by atoms with E-state index in [0.717, 1.165) is 6.92 Å². The molecule has 2 bridgehead atoms. The minimum atomic E-state index is -2.16. The standard InChI is InChI=1S/C30H40O10/c1-7-29(40-16(3)31)20(34)13-19(33)28(6)23(29)25(39-26(37)17-11-9-8-10-12-17)30(38)14-18(32)15(2)21(27(30,4)5)22(35)24(28)36/h8-12,15,18-21,23,25,32-34,38H,7,13-14H2,1-6H3/t15?,18-,19-,20+,21?,23?,25-,28+,29-,30+/m0/s1. The van der Waals surface area contributed by atoms with Gasteiger partial charge in [0.15, 0.2) is 0 Å². The lowest BCUT2D eigenvalue weighted by molar-refractivity contribution is -0.296. The van der Waals surface area contributed by atoms with Crippen LogP contribution >= 0.6 is 0 Å². The van der Waals surface area contributed by atoms with Crippen molar-refractivity contribution in [2.75, 3.05) is 0 Å². The predicted molar refractivity (Wildman–Crippen MR) is 141 cm³/mol. The van der Waals surface area contributed by atoms with E-state index in [-0.39, 0.29) is 18.4 Å². The van der Waals surface area contributed by atoms with Gasteiger partial charge in [-0.15, -0.1) is 0 Å². The Morgan fingerprint density at radius 1 is 1.02 bits per heavy atom. The molecule has 1 aromatic rings. The number of carbonyl (C=O) groups is 4. The normalized spacial score (nSPS) is 42.7. The maximum absolute atomic E-state index is 14.3. The Morgan fingerprint density at radius 2 is 1.62 bits per heavy atom. The zero-order chi connectivity index (χ0) is 30.0. The van der Waals surface area contributed by atoms with E-state index in [2.05, 4.69) is 0 Å². The molecule has 220 valence electrons. The Kier molecular flexibility index (Phi) is 7.58. The number of esters is 2. The van der Waals surface area contributed by atoms with E-state index >= 15 is 0 Å². The Morgan fingerprint density at radius 3 is 2.17 bits per heavy atom. The summed E-state index contributed by atoms with van der Waals surface area (Å²) in [6.45, 7) is 8.82. The fourth-order valence-electron chi connectivity index (χ4n) is 7.94. The number of Topliss-reactive ketones (excluding diaryl/α,β-unsaturated/α-hetero) is 2. The molecule has 1 aromatic carbocycles. The number of ether oxygens (including phenoxy) is 2. The summed E-state index contributed by atoms with van der Waals surface area (Å²) in [5.41, 5.74) is -7.45. The number of aliphatic hydroxyl groups excluding tert-OH is 3. The number of hydrogen-bond acceptors (Lipinski definition) is 10. The summed E-state index contributed by atoms with van der Waals surface area (Å²) in [4.78, 5) is 54.4. The minimum Gasteiger partial charge on any atom is -0.456 e. The fraction of sp³-hybridized carbons (Fsp3) is 0.667. The van der Waals surface area contributed by atoms with Crippen LogP contribution in [0.3, 0.4) is 0 Å². The van der Waals surface area contributed by atoms with E-state index in [9.17, 15) is 39.6 Å². The summed E-state index contributed by atoms with van der Waals surface area (Å²) in [6, 6.07) is 7.93. The van der Waals surface area contributed by atoms with Crippen LogP contribution in [0.15, 0.2) is 30.3 Å². The molecule has 3 aliphatic rings. The lowest BCUT2D eigenvalue weighted by Gasteiger charge is -2.65. The molecule has 0 aliphatic heterocycles. The average Bonchev–Trinajstić information content (AvgIpc) is 2.89. The van der Waals surface area contributed by atoms with Gasteiger partial charge in [-0.05, 0) is 31.4 Å². The Hall–Kier alpha value is -2.66. The van der Waals surface area contributed by atoms with E-state index in [4.69, 9.17) is 9.47 Å². The lowest BCUT2D eigenvalue weighted by Crippen LogP contribution is -2.79. The maximum Gasteiger partial charge on any atom is 0.338 e. The molecular formula is C30H40O10. The van der Waals surface area contributed by atoms with Gasteiger partial charge in [0.25, 0.3) is 0 Å². The Bertz CT molecular complexity index is 1200. The van der Waals surface area contributed by atoms with E-state index in [1.54, 1.807) is 45.9 Å². The second-order valence-corrected chi connectivity index (χ2v) is 12.6. The van der Waals surface area contributed by atoms with Crippen molar-refractivity contribution < 1.29 is 49.1 Å². The van der Waals surface area contributed by atoms with Crippen molar-refractivity contribution in [1.82, 2.24) is 0 Å². The molecular weight excluding hydrogens is 520 g/mol. The molecule has 40 heavy (non-hydrogen) atoms. The number of benzene rings is 1. The minimum absolute atomic E-state index is 0.0968. The lowest BCUT2D eigenvalue weighted by atomic mass is 9.43. The zero-order valence-corrected chi connectivity index (χ0v) is 23.8. The molecule has 0 radical (unpaired) electrons. The number of carbonyl (C=O) groups excluding carboxylic acids is 4. The highest BCUT2D eigenvalue weighted by Crippen LogP contribution is 2.62. The summed E-state index contributed by atoms with van der Waals surface area (Å²) in [5.74, 6) is -7.07. The van der Waals surface area contributed by atoms with E-state index in [0.29, 0.717) is 0 Å². The first-order valence-corrected chi connectivity index (χ1v) is 13.8. The second-order valence-electron chi connectivity index (χ2n) is 12.6. The van der Waals surface area contributed by atoms with E-state index in [1.165, 1.54) is 19.1 Å². The number of rotatable bonds is 4. The van der Waals surface area contributed by atoms with Gasteiger partial charge in [0.05, 0.1) is 35.2 Å². The van der Waals surface area contributed by atoms with E-state index in [1.807, 2.05) is 0 Å². The van der Waals surface area contributed by atoms with Gasteiger partial charge in [-0.3, -0.25) is 14.4 Å². The number of hydrogen-bond donors (Lipinski definition) is 4. The van der Waals surface area contributed by atoms with Crippen molar-refractivity contribution in [3.05, 3.63) is 35.9 Å². The number of fused-ring (bicyclic) bond motifs is 3. The highest BCUT2D eigenvalue weighted by atomic mass is 16.6. The zero-order valence-electron chi connectivity index (χ0n) is 23.8. The summed E-state index contributed by atoms with van der Waals surface area (Å²) in [6.07, 6.45) is -6.95. The van der Waals surface area contributed by atoms with Crippen LogP contribution in [0.25, 0.3) is 0 Å². The third-order valence-electron chi connectivity index (χ3n) is 10.3. The smallest absolute Gasteiger partial charge is 0.338 e. The molecule has 0 aromatic heterocycles. The van der Waals surface area contributed by atoms with Crippen molar-refractivity contribution in [2.24, 2.45) is 28.6 Å².